The average Bonchev–Trinajstić information content (AvgIpc) is 3.06. The maximum atomic E-state index is 12.8. The fourth-order valence-electron chi connectivity index (χ4n) is 5.27. The van der Waals surface area contributed by atoms with E-state index in [2.05, 4.69) is 14.9 Å². The molecule has 1 aliphatic carbocycles. The number of hydrogen-bond acceptors (Lipinski definition) is 6. The lowest BCUT2D eigenvalue weighted by molar-refractivity contribution is -0.151. The number of nitrogens with zero attached hydrogens (tertiary/aromatic N) is 4. The number of fused-ring (bicyclic) bond motifs is 1. The molecule has 3 fully saturated rings. The lowest BCUT2D eigenvalue weighted by Gasteiger charge is -2.61. The van der Waals surface area contributed by atoms with Crippen molar-refractivity contribution < 1.29 is 22.7 Å². The number of halogens is 3. The van der Waals surface area contributed by atoms with Crippen molar-refractivity contribution >= 4 is 33.3 Å². The van der Waals surface area contributed by atoms with Gasteiger partial charge in [0.2, 0.25) is 5.91 Å². The first-order valence-electron chi connectivity index (χ1n) is 10.6. The minimum atomic E-state index is -4.24. The largest absolute Gasteiger partial charge is 0.393 e. The molecule has 0 aromatic carbocycles. The number of amides is 1. The fourth-order valence-corrected chi connectivity index (χ4v) is 6.29. The van der Waals surface area contributed by atoms with Gasteiger partial charge in [-0.2, -0.15) is 13.2 Å². The van der Waals surface area contributed by atoms with Crippen molar-refractivity contribution in [2.75, 3.05) is 38.2 Å². The Bertz CT molecular complexity index is 973. The predicted molar refractivity (Wildman–Crippen MR) is 111 cm³/mol. The molecule has 5 rings (SSSR count). The van der Waals surface area contributed by atoms with Gasteiger partial charge in [-0.05, 0) is 31.7 Å². The number of methoxy groups -OCH3 is 1. The topological polar surface area (TPSA) is 58.6 Å². The molecule has 4 heterocycles. The number of rotatable bonds is 4. The zero-order valence-corrected chi connectivity index (χ0v) is 18.1. The van der Waals surface area contributed by atoms with E-state index in [1.165, 1.54) is 6.33 Å². The Morgan fingerprint density at radius 2 is 1.90 bits per heavy atom. The highest BCUT2D eigenvalue weighted by molar-refractivity contribution is 7.18. The molecule has 6 nitrogen and oxygen atoms in total. The molecule has 0 bridgehead atoms. The van der Waals surface area contributed by atoms with E-state index < -0.39 is 12.6 Å². The van der Waals surface area contributed by atoms with Crippen LogP contribution in [0.3, 0.4) is 0 Å². The molecule has 2 aliphatic heterocycles. The van der Waals surface area contributed by atoms with Crippen molar-refractivity contribution in [3.8, 4) is 0 Å². The molecule has 1 amide bonds. The number of carbonyl (C=O) groups excluding carboxylic acids is 1. The van der Waals surface area contributed by atoms with Gasteiger partial charge in [-0.25, -0.2) is 9.97 Å². The summed E-state index contributed by atoms with van der Waals surface area (Å²) < 4.78 is 43.7. The summed E-state index contributed by atoms with van der Waals surface area (Å²) in [4.78, 5) is 26.2. The van der Waals surface area contributed by atoms with Crippen LogP contribution in [0.2, 0.25) is 0 Å². The van der Waals surface area contributed by atoms with Gasteiger partial charge in [0.1, 0.15) is 17.0 Å². The number of anilines is 1. The number of likely N-dealkylation sites (tertiary alicyclic amines) is 1. The molecule has 3 aliphatic rings. The van der Waals surface area contributed by atoms with Crippen LogP contribution in [-0.2, 0) is 16.0 Å². The molecule has 31 heavy (non-hydrogen) atoms. The highest BCUT2D eigenvalue weighted by Gasteiger charge is 2.54. The molecule has 2 aromatic heterocycles. The first-order valence-corrected chi connectivity index (χ1v) is 11.4. The van der Waals surface area contributed by atoms with Gasteiger partial charge >= 0.3 is 6.18 Å². The van der Waals surface area contributed by atoms with E-state index >= 15 is 0 Å². The van der Waals surface area contributed by atoms with Crippen molar-refractivity contribution in [1.82, 2.24) is 14.9 Å². The van der Waals surface area contributed by atoms with E-state index in [0.29, 0.717) is 16.0 Å². The van der Waals surface area contributed by atoms with Crippen LogP contribution in [0, 0.1) is 11.3 Å². The predicted octanol–water partition coefficient (Wildman–Crippen LogP) is 3.65. The summed E-state index contributed by atoms with van der Waals surface area (Å²) in [5, 5.41) is 0.684. The summed E-state index contributed by atoms with van der Waals surface area (Å²) in [6, 6.07) is 1.57. The van der Waals surface area contributed by atoms with E-state index in [1.807, 2.05) is 4.90 Å². The van der Waals surface area contributed by atoms with Gasteiger partial charge in [-0.15, -0.1) is 11.3 Å². The van der Waals surface area contributed by atoms with Crippen LogP contribution in [0.4, 0.5) is 19.0 Å². The van der Waals surface area contributed by atoms with Gasteiger partial charge in [-0.1, -0.05) is 0 Å². The van der Waals surface area contributed by atoms with Crippen molar-refractivity contribution in [3.05, 3.63) is 17.3 Å². The monoisotopic (exact) mass is 454 g/mol. The van der Waals surface area contributed by atoms with Crippen molar-refractivity contribution in [2.24, 2.45) is 11.3 Å². The number of carbonyl (C=O) groups is 1. The molecule has 168 valence electrons. The second-order valence-electron chi connectivity index (χ2n) is 9.18. The zero-order valence-electron chi connectivity index (χ0n) is 17.3. The SMILES string of the molecule is COC1CCC(C(=O)N2CC3(C2)CN(c2ncnc4sc(CC(F)(F)F)cc24)C3)CC1. The molecular formula is C21H25F3N4O2S. The van der Waals surface area contributed by atoms with E-state index in [1.54, 1.807) is 13.2 Å². The molecule has 0 atom stereocenters. The molecule has 10 heteroatoms. The van der Waals surface area contributed by atoms with Gasteiger partial charge in [0, 0.05) is 49.5 Å². The highest BCUT2D eigenvalue weighted by atomic mass is 32.1. The third-order valence-corrected chi connectivity index (χ3v) is 7.85. The van der Waals surface area contributed by atoms with Gasteiger partial charge < -0.3 is 14.5 Å². The van der Waals surface area contributed by atoms with Gasteiger partial charge in [0.15, 0.2) is 0 Å². The molecule has 2 aromatic rings. The van der Waals surface area contributed by atoms with Gasteiger partial charge in [0.25, 0.3) is 0 Å². The molecule has 1 spiro atoms. The Balaban J connectivity index is 1.19. The molecule has 2 saturated heterocycles. The van der Waals surface area contributed by atoms with E-state index in [9.17, 15) is 18.0 Å². The normalized spacial score (nSPS) is 25.5. The van der Waals surface area contributed by atoms with Gasteiger partial charge in [-0.3, -0.25) is 4.79 Å². The maximum Gasteiger partial charge on any atom is 0.393 e. The van der Waals surface area contributed by atoms with Crippen LogP contribution in [0.1, 0.15) is 30.6 Å². The van der Waals surface area contributed by atoms with Crippen LogP contribution >= 0.6 is 11.3 Å². The van der Waals surface area contributed by atoms with Crippen LogP contribution in [-0.4, -0.2) is 66.3 Å². The fraction of sp³-hybridized carbons (Fsp3) is 0.667. The number of hydrogen-bond donors (Lipinski definition) is 0. The number of ether oxygens (including phenoxy) is 1. The number of thiophene rings is 1. The quantitative estimate of drug-likeness (QED) is 0.706. The molecule has 0 radical (unpaired) electrons. The van der Waals surface area contributed by atoms with Crippen LogP contribution in [0.25, 0.3) is 10.2 Å². The maximum absolute atomic E-state index is 12.8. The lowest BCUT2D eigenvalue weighted by atomic mass is 9.72. The Labute approximate surface area is 182 Å². The molecular weight excluding hydrogens is 429 g/mol. The van der Waals surface area contributed by atoms with Crippen molar-refractivity contribution in [3.63, 3.8) is 0 Å². The Kier molecular flexibility index (Phi) is 5.12. The summed E-state index contributed by atoms with van der Waals surface area (Å²) >= 11 is 1.07. The van der Waals surface area contributed by atoms with Crippen molar-refractivity contribution in [2.45, 2.75) is 44.4 Å². The third kappa shape index (κ3) is 4.00. The summed E-state index contributed by atoms with van der Waals surface area (Å²) in [6.45, 7) is 3.04. The molecule has 0 unspecified atom stereocenters. The minimum absolute atomic E-state index is 0.0848. The summed E-state index contributed by atoms with van der Waals surface area (Å²) in [6.07, 6.45) is 0.199. The van der Waals surface area contributed by atoms with E-state index in [0.717, 1.165) is 63.2 Å². The summed E-state index contributed by atoms with van der Waals surface area (Å²) in [7, 11) is 1.73. The zero-order chi connectivity index (χ0) is 21.8. The van der Waals surface area contributed by atoms with Gasteiger partial charge in [0.05, 0.1) is 17.9 Å². The molecule has 0 N–H and O–H groups in total. The molecule has 1 saturated carbocycles. The Hall–Kier alpha value is -1.94. The minimum Gasteiger partial charge on any atom is -0.381 e. The third-order valence-electron chi connectivity index (χ3n) is 6.81. The smallest absolute Gasteiger partial charge is 0.381 e. The Morgan fingerprint density at radius 1 is 1.19 bits per heavy atom. The van der Waals surface area contributed by atoms with Crippen LogP contribution in [0.5, 0.6) is 0 Å². The summed E-state index contributed by atoms with van der Waals surface area (Å²) in [5.41, 5.74) is 0.0848. The second kappa shape index (κ2) is 7.58. The number of alkyl halides is 3. The van der Waals surface area contributed by atoms with Crippen LogP contribution in [0.15, 0.2) is 12.4 Å². The first kappa shape index (κ1) is 20.9. The van der Waals surface area contributed by atoms with E-state index in [4.69, 9.17) is 4.74 Å². The first-order chi connectivity index (χ1) is 14.8. The summed E-state index contributed by atoms with van der Waals surface area (Å²) in [5.74, 6) is 1.07. The Morgan fingerprint density at radius 3 is 2.55 bits per heavy atom. The second-order valence-corrected chi connectivity index (χ2v) is 10.3. The lowest BCUT2D eigenvalue weighted by Crippen LogP contribution is -2.73. The van der Waals surface area contributed by atoms with Crippen LogP contribution < -0.4 is 4.90 Å². The highest BCUT2D eigenvalue weighted by Crippen LogP contribution is 2.45. The standard InChI is InChI=1S/C21H25F3N4O2S/c1-30-14-4-2-13(3-5-14)19(29)28-10-20(11-28)8-27(9-20)17-16-6-15(7-21(22,23)24)31-18(16)26-12-25-17/h6,12-14H,2-5,7-11H2,1H3. The number of aromatic nitrogens is 2. The van der Waals surface area contributed by atoms with E-state index in [-0.39, 0.29) is 28.2 Å². The average molecular weight is 455 g/mol. The van der Waals surface area contributed by atoms with Crippen molar-refractivity contribution in [1.29, 1.82) is 0 Å².